The number of nitrogens with zero attached hydrogens (tertiary/aromatic N) is 2. The molecule has 0 radical (unpaired) electrons. The van der Waals surface area contributed by atoms with Crippen molar-refractivity contribution in [3.63, 3.8) is 0 Å². The van der Waals surface area contributed by atoms with Gasteiger partial charge in [-0.1, -0.05) is 11.6 Å². The number of ether oxygens (including phenoxy) is 1. The number of aliphatic carboxylic acids is 1. The maximum atomic E-state index is 12.1. The van der Waals surface area contributed by atoms with Gasteiger partial charge in [-0.15, -0.1) is 0 Å². The summed E-state index contributed by atoms with van der Waals surface area (Å²) in [6.07, 6.45) is 0.401. The monoisotopic (exact) mass is 270 g/mol. The molecule has 1 atom stereocenters. The summed E-state index contributed by atoms with van der Waals surface area (Å²) in [6.45, 7) is 0.617. The Balaban J connectivity index is 2.09. The maximum Gasteiger partial charge on any atom is 0.334 e. The van der Waals surface area contributed by atoms with Crippen molar-refractivity contribution in [3.05, 3.63) is 29.0 Å². The van der Waals surface area contributed by atoms with E-state index in [0.717, 1.165) is 0 Å². The third kappa shape index (κ3) is 2.77. The molecule has 2 heterocycles. The number of halogens is 1. The van der Waals surface area contributed by atoms with Gasteiger partial charge in [-0.3, -0.25) is 4.79 Å². The number of hydrogen-bond acceptors (Lipinski definition) is 4. The molecule has 1 aromatic rings. The zero-order valence-corrected chi connectivity index (χ0v) is 10.1. The van der Waals surface area contributed by atoms with Gasteiger partial charge in [0.2, 0.25) is 0 Å². The van der Waals surface area contributed by atoms with Gasteiger partial charge in [0, 0.05) is 12.7 Å². The van der Waals surface area contributed by atoms with Crippen LogP contribution in [0.4, 0.5) is 0 Å². The highest BCUT2D eigenvalue weighted by atomic mass is 35.5. The SMILES string of the molecule is O=C(O)C1CN(C(=O)c2ccc(Cl)nc2)CCO1. The molecular formula is C11H11ClN2O4. The minimum Gasteiger partial charge on any atom is -0.479 e. The number of pyridine rings is 1. The van der Waals surface area contributed by atoms with Crippen LogP contribution < -0.4 is 0 Å². The molecule has 1 aromatic heterocycles. The van der Waals surface area contributed by atoms with Crippen molar-refractivity contribution in [1.82, 2.24) is 9.88 Å². The van der Waals surface area contributed by atoms with Crippen molar-refractivity contribution < 1.29 is 19.4 Å². The second-order valence-corrected chi connectivity index (χ2v) is 4.21. The molecule has 0 aliphatic carbocycles. The lowest BCUT2D eigenvalue weighted by molar-refractivity contribution is -0.154. The molecule has 2 rings (SSSR count). The van der Waals surface area contributed by atoms with Crippen LogP contribution in [-0.4, -0.2) is 52.7 Å². The van der Waals surface area contributed by atoms with Gasteiger partial charge < -0.3 is 14.7 Å². The molecule has 6 nitrogen and oxygen atoms in total. The largest absolute Gasteiger partial charge is 0.479 e. The number of morpholine rings is 1. The number of rotatable bonds is 2. The molecule has 18 heavy (non-hydrogen) atoms. The van der Waals surface area contributed by atoms with Crippen LogP contribution in [0.3, 0.4) is 0 Å². The summed E-state index contributed by atoms with van der Waals surface area (Å²) in [6, 6.07) is 3.08. The van der Waals surface area contributed by atoms with Gasteiger partial charge in [0.05, 0.1) is 18.7 Å². The number of amides is 1. The van der Waals surface area contributed by atoms with Crippen molar-refractivity contribution in [3.8, 4) is 0 Å². The first-order valence-corrected chi connectivity index (χ1v) is 5.71. The fourth-order valence-electron chi connectivity index (χ4n) is 1.67. The number of carboxylic acids is 1. The summed E-state index contributed by atoms with van der Waals surface area (Å²) in [5.41, 5.74) is 0.380. The Morgan fingerprint density at radius 2 is 2.28 bits per heavy atom. The van der Waals surface area contributed by atoms with Gasteiger partial charge in [-0.2, -0.15) is 0 Å². The Kier molecular flexibility index (Phi) is 3.78. The Labute approximate surface area is 108 Å². The van der Waals surface area contributed by atoms with Gasteiger partial charge >= 0.3 is 5.97 Å². The van der Waals surface area contributed by atoms with E-state index in [1.165, 1.54) is 17.2 Å². The fourth-order valence-corrected chi connectivity index (χ4v) is 1.78. The summed E-state index contributed by atoms with van der Waals surface area (Å²) >= 11 is 5.63. The first-order chi connectivity index (χ1) is 8.58. The lowest BCUT2D eigenvalue weighted by Gasteiger charge is -2.30. The summed E-state index contributed by atoms with van der Waals surface area (Å²) in [4.78, 5) is 28.1. The molecule has 1 amide bonds. The van der Waals surface area contributed by atoms with Gasteiger partial charge in [-0.05, 0) is 12.1 Å². The Hall–Kier alpha value is -1.66. The van der Waals surface area contributed by atoms with Crippen LogP contribution in [0.15, 0.2) is 18.3 Å². The topological polar surface area (TPSA) is 79.7 Å². The first kappa shape index (κ1) is 12.8. The normalized spacial score (nSPS) is 19.6. The third-order valence-electron chi connectivity index (χ3n) is 2.60. The summed E-state index contributed by atoms with van der Waals surface area (Å²) in [5, 5.41) is 9.15. The zero-order chi connectivity index (χ0) is 13.1. The van der Waals surface area contributed by atoms with E-state index in [-0.39, 0.29) is 19.1 Å². The second-order valence-electron chi connectivity index (χ2n) is 3.82. The van der Waals surface area contributed by atoms with E-state index in [9.17, 15) is 9.59 Å². The summed E-state index contributed by atoms with van der Waals surface area (Å²) in [7, 11) is 0. The van der Waals surface area contributed by atoms with Crippen LogP contribution in [0.5, 0.6) is 0 Å². The molecular weight excluding hydrogens is 260 g/mol. The van der Waals surface area contributed by atoms with E-state index in [2.05, 4.69) is 4.98 Å². The van der Waals surface area contributed by atoms with Gasteiger partial charge in [0.15, 0.2) is 6.10 Å². The van der Waals surface area contributed by atoms with Crippen LogP contribution in [-0.2, 0) is 9.53 Å². The molecule has 0 spiro atoms. The molecule has 0 aromatic carbocycles. The Morgan fingerprint density at radius 1 is 1.50 bits per heavy atom. The van der Waals surface area contributed by atoms with Gasteiger partial charge in [0.1, 0.15) is 5.15 Å². The molecule has 7 heteroatoms. The number of carboxylic acid groups (broad SMARTS) is 1. The molecule has 0 saturated carbocycles. The van der Waals surface area contributed by atoms with Crippen LogP contribution >= 0.6 is 11.6 Å². The van der Waals surface area contributed by atoms with Gasteiger partial charge in [0.25, 0.3) is 5.91 Å². The number of carbonyl (C=O) groups is 2. The standard InChI is InChI=1S/C11H11ClN2O4/c12-9-2-1-7(5-13-9)10(15)14-3-4-18-8(6-14)11(16)17/h1-2,5,8H,3-4,6H2,(H,16,17). The fraction of sp³-hybridized carbons (Fsp3) is 0.364. The first-order valence-electron chi connectivity index (χ1n) is 5.33. The van der Waals surface area contributed by atoms with Crippen molar-refractivity contribution in [2.24, 2.45) is 0 Å². The van der Waals surface area contributed by atoms with Crippen LogP contribution in [0, 0.1) is 0 Å². The smallest absolute Gasteiger partial charge is 0.334 e. The van der Waals surface area contributed by atoms with E-state index in [1.807, 2.05) is 0 Å². The summed E-state index contributed by atoms with van der Waals surface area (Å²) in [5.74, 6) is -1.34. The van der Waals surface area contributed by atoms with Crippen LogP contribution in [0.25, 0.3) is 0 Å². The highest BCUT2D eigenvalue weighted by molar-refractivity contribution is 6.29. The zero-order valence-electron chi connectivity index (χ0n) is 9.38. The lowest BCUT2D eigenvalue weighted by Crippen LogP contribution is -2.48. The molecule has 1 N–H and O–H groups in total. The van der Waals surface area contributed by atoms with E-state index in [1.54, 1.807) is 6.07 Å². The lowest BCUT2D eigenvalue weighted by atomic mass is 10.2. The predicted octanol–water partition coefficient (Wildman–Crippen LogP) is 0.661. The quantitative estimate of drug-likeness (QED) is 0.799. The van der Waals surface area contributed by atoms with Crippen molar-refractivity contribution in [1.29, 1.82) is 0 Å². The number of aromatic nitrogens is 1. The Bertz CT molecular complexity index is 463. The molecule has 1 aliphatic heterocycles. The Morgan fingerprint density at radius 3 is 2.89 bits per heavy atom. The van der Waals surface area contributed by atoms with E-state index >= 15 is 0 Å². The number of carbonyl (C=O) groups excluding carboxylic acids is 1. The number of hydrogen-bond donors (Lipinski definition) is 1. The van der Waals surface area contributed by atoms with Crippen molar-refractivity contribution in [2.45, 2.75) is 6.10 Å². The predicted molar refractivity (Wildman–Crippen MR) is 62.5 cm³/mol. The molecule has 96 valence electrons. The highest BCUT2D eigenvalue weighted by Gasteiger charge is 2.29. The average molecular weight is 271 g/mol. The molecule has 1 saturated heterocycles. The molecule has 1 aliphatic rings. The molecule has 1 fully saturated rings. The van der Waals surface area contributed by atoms with E-state index < -0.39 is 12.1 Å². The minimum absolute atomic E-state index is 0.0385. The maximum absolute atomic E-state index is 12.1. The van der Waals surface area contributed by atoms with Crippen LogP contribution in [0.1, 0.15) is 10.4 Å². The third-order valence-corrected chi connectivity index (χ3v) is 2.83. The van der Waals surface area contributed by atoms with Crippen LogP contribution in [0.2, 0.25) is 5.15 Å². The highest BCUT2D eigenvalue weighted by Crippen LogP contribution is 2.12. The summed E-state index contributed by atoms with van der Waals surface area (Å²) < 4.78 is 5.04. The van der Waals surface area contributed by atoms with Crippen molar-refractivity contribution >= 4 is 23.5 Å². The minimum atomic E-state index is -1.07. The average Bonchev–Trinajstić information content (AvgIpc) is 2.39. The van der Waals surface area contributed by atoms with E-state index in [0.29, 0.717) is 17.3 Å². The molecule has 1 unspecified atom stereocenters. The van der Waals surface area contributed by atoms with Crippen molar-refractivity contribution in [2.75, 3.05) is 19.7 Å². The second kappa shape index (κ2) is 5.32. The van der Waals surface area contributed by atoms with Gasteiger partial charge in [-0.25, -0.2) is 9.78 Å². The molecule has 0 bridgehead atoms. The van der Waals surface area contributed by atoms with E-state index in [4.69, 9.17) is 21.4 Å².